The van der Waals surface area contributed by atoms with E-state index >= 15 is 0 Å². The summed E-state index contributed by atoms with van der Waals surface area (Å²) >= 11 is 0. The van der Waals surface area contributed by atoms with Crippen LogP contribution in [0.4, 0.5) is 0 Å². The molecule has 0 radical (unpaired) electrons. The highest BCUT2D eigenvalue weighted by Crippen LogP contribution is 2.41. The summed E-state index contributed by atoms with van der Waals surface area (Å²) in [4.78, 5) is 0. The maximum atomic E-state index is 2.53. The minimum Gasteiger partial charge on any atom is -0.0649 e. The van der Waals surface area contributed by atoms with Crippen molar-refractivity contribution in [2.75, 3.05) is 0 Å². The van der Waals surface area contributed by atoms with Crippen LogP contribution in [0, 0.1) is 35.0 Å². The minimum atomic E-state index is 0.536. The molecule has 0 aromatic rings. The molecule has 1 aliphatic rings. The molecule has 0 N–H and O–H groups in total. The van der Waals surface area contributed by atoms with E-state index in [4.69, 9.17) is 0 Å². The molecule has 1 aliphatic carbocycles. The highest BCUT2D eigenvalue weighted by atomic mass is 14.4. The van der Waals surface area contributed by atoms with Gasteiger partial charge in [-0.2, -0.15) is 0 Å². The zero-order valence-electron chi connectivity index (χ0n) is 16.0. The second kappa shape index (κ2) is 8.59. The Morgan fingerprint density at radius 1 is 1.05 bits per heavy atom. The molecule has 0 amide bonds. The molecule has 1 fully saturated rings. The van der Waals surface area contributed by atoms with E-state index < -0.39 is 0 Å². The molecule has 0 saturated heterocycles. The highest BCUT2D eigenvalue weighted by molar-refractivity contribution is 4.81. The fraction of sp³-hybridized carbons (Fsp3) is 1.00. The van der Waals surface area contributed by atoms with E-state index in [-0.39, 0.29) is 0 Å². The third-order valence-corrected chi connectivity index (χ3v) is 6.17. The van der Waals surface area contributed by atoms with Gasteiger partial charge in [0.05, 0.1) is 0 Å². The molecule has 4 unspecified atom stereocenters. The van der Waals surface area contributed by atoms with Crippen molar-refractivity contribution in [3.8, 4) is 0 Å². The number of hydrogen-bond donors (Lipinski definition) is 0. The molecule has 0 bridgehead atoms. The van der Waals surface area contributed by atoms with Crippen LogP contribution < -0.4 is 0 Å². The Hall–Kier alpha value is 0. The summed E-state index contributed by atoms with van der Waals surface area (Å²) in [6, 6.07) is 0. The van der Waals surface area contributed by atoms with Crippen LogP contribution in [-0.2, 0) is 0 Å². The van der Waals surface area contributed by atoms with E-state index in [9.17, 15) is 0 Å². The normalized spacial score (nSPS) is 26.3. The lowest BCUT2D eigenvalue weighted by Crippen LogP contribution is -2.18. The summed E-state index contributed by atoms with van der Waals surface area (Å²) < 4.78 is 0. The van der Waals surface area contributed by atoms with Crippen LogP contribution in [0.1, 0.15) is 99.8 Å². The third-order valence-electron chi connectivity index (χ3n) is 6.17. The van der Waals surface area contributed by atoms with Gasteiger partial charge in [0.25, 0.3) is 0 Å². The largest absolute Gasteiger partial charge is 0.0649 e. The Morgan fingerprint density at radius 2 is 1.71 bits per heavy atom. The third kappa shape index (κ3) is 7.20. The van der Waals surface area contributed by atoms with Crippen molar-refractivity contribution in [2.24, 2.45) is 35.0 Å². The Bertz CT molecular complexity index is 276. The van der Waals surface area contributed by atoms with E-state index in [2.05, 4.69) is 48.5 Å². The predicted molar refractivity (Wildman–Crippen MR) is 96.5 cm³/mol. The van der Waals surface area contributed by atoms with Crippen molar-refractivity contribution in [3.63, 3.8) is 0 Å². The van der Waals surface area contributed by atoms with Gasteiger partial charge >= 0.3 is 0 Å². The monoisotopic (exact) mass is 294 g/mol. The molecule has 0 spiro atoms. The van der Waals surface area contributed by atoms with Crippen molar-refractivity contribution in [3.05, 3.63) is 0 Å². The molecule has 0 aliphatic heterocycles. The number of rotatable bonds is 9. The topological polar surface area (TPSA) is 0 Å². The Labute approximate surface area is 135 Å². The second-order valence-electron chi connectivity index (χ2n) is 9.45. The summed E-state index contributed by atoms with van der Waals surface area (Å²) in [7, 11) is 0. The quantitative estimate of drug-likeness (QED) is 0.417. The molecule has 0 heteroatoms. The van der Waals surface area contributed by atoms with Gasteiger partial charge in [0.1, 0.15) is 0 Å². The van der Waals surface area contributed by atoms with E-state index in [1.807, 2.05) is 0 Å². The lowest BCUT2D eigenvalue weighted by molar-refractivity contribution is 0.216. The Kier molecular flexibility index (Phi) is 7.79. The number of hydrogen-bond acceptors (Lipinski definition) is 0. The molecule has 0 aromatic carbocycles. The summed E-state index contributed by atoms with van der Waals surface area (Å²) in [5, 5.41) is 0. The first-order valence-corrected chi connectivity index (χ1v) is 9.73. The van der Waals surface area contributed by atoms with Crippen LogP contribution in [0.5, 0.6) is 0 Å². The molecule has 0 aromatic heterocycles. The van der Waals surface area contributed by atoms with Crippen molar-refractivity contribution < 1.29 is 0 Å². The first-order valence-electron chi connectivity index (χ1n) is 9.73. The van der Waals surface area contributed by atoms with E-state index in [1.54, 1.807) is 0 Å². The standard InChI is InChI=1S/C21H42/c1-8-21(6,7)15-17(4)13-18(5)20-12-11-19(14-20)10-9-16(2)3/h16-20H,8-15H2,1-7H3. The van der Waals surface area contributed by atoms with Gasteiger partial charge in [0, 0.05) is 0 Å². The van der Waals surface area contributed by atoms with Crippen molar-refractivity contribution in [1.29, 1.82) is 0 Å². The molecule has 1 rings (SSSR count). The minimum absolute atomic E-state index is 0.536. The van der Waals surface area contributed by atoms with Crippen LogP contribution in [0.15, 0.2) is 0 Å². The van der Waals surface area contributed by atoms with Gasteiger partial charge in [-0.3, -0.25) is 0 Å². The SMILES string of the molecule is CCC(C)(C)CC(C)CC(C)C1CCC(CCC(C)C)C1. The molecule has 0 heterocycles. The van der Waals surface area contributed by atoms with Gasteiger partial charge in [-0.05, 0) is 60.7 Å². The maximum Gasteiger partial charge on any atom is -0.0354 e. The average molecular weight is 295 g/mol. The van der Waals surface area contributed by atoms with Crippen LogP contribution in [-0.4, -0.2) is 0 Å². The van der Waals surface area contributed by atoms with Gasteiger partial charge in [0.15, 0.2) is 0 Å². The first-order chi connectivity index (χ1) is 9.73. The maximum absolute atomic E-state index is 2.53. The molecule has 21 heavy (non-hydrogen) atoms. The molecular formula is C21H42. The van der Waals surface area contributed by atoms with Gasteiger partial charge in [-0.25, -0.2) is 0 Å². The predicted octanol–water partition coefficient (Wildman–Crippen LogP) is 7.33. The van der Waals surface area contributed by atoms with Gasteiger partial charge in [-0.1, -0.05) is 74.1 Å². The van der Waals surface area contributed by atoms with E-state index in [0.717, 1.165) is 29.6 Å². The van der Waals surface area contributed by atoms with Crippen molar-refractivity contribution in [2.45, 2.75) is 99.8 Å². The molecular weight excluding hydrogens is 252 g/mol. The summed E-state index contributed by atoms with van der Waals surface area (Å²) in [6.07, 6.45) is 11.6. The lowest BCUT2D eigenvalue weighted by atomic mass is 9.76. The summed E-state index contributed by atoms with van der Waals surface area (Å²) in [6.45, 7) is 17.0. The molecule has 126 valence electrons. The second-order valence-corrected chi connectivity index (χ2v) is 9.45. The lowest BCUT2D eigenvalue weighted by Gasteiger charge is -2.29. The molecule has 0 nitrogen and oxygen atoms in total. The zero-order chi connectivity index (χ0) is 16.0. The Balaban J connectivity index is 2.31. The van der Waals surface area contributed by atoms with E-state index in [0.29, 0.717) is 5.41 Å². The Morgan fingerprint density at radius 3 is 2.29 bits per heavy atom. The van der Waals surface area contributed by atoms with Gasteiger partial charge in [0.2, 0.25) is 0 Å². The van der Waals surface area contributed by atoms with Crippen LogP contribution in [0.25, 0.3) is 0 Å². The summed E-state index contributed by atoms with van der Waals surface area (Å²) in [5.41, 5.74) is 0.536. The fourth-order valence-corrected chi connectivity index (χ4v) is 4.46. The fourth-order valence-electron chi connectivity index (χ4n) is 4.46. The van der Waals surface area contributed by atoms with Gasteiger partial charge < -0.3 is 0 Å². The van der Waals surface area contributed by atoms with Crippen molar-refractivity contribution in [1.82, 2.24) is 0 Å². The summed E-state index contributed by atoms with van der Waals surface area (Å²) in [5.74, 6) is 4.79. The molecule has 4 atom stereocenters. The zero-order valence-corrected chi connectivity index (χ0v) is 16.0. The van der Waals surface area contributed by atoms with Crippen LogP contribution >= 0.6 is 0 Å². The van der Waals surface area contributed by atoms with E-state index in [1.165, 1.54) is 51.4 Å². The van der Waals surface area contributed by atoms with Crippen LogP contribution in [0.2, 0.25) is 0 Å². The average Bonchev–Trinajstić information content (AvgIpc) is 2.84. The smallest absolute Gasteiger partial charge is 0.0354 e. The first kappa shape index (κ1) is 19.0. The molecule has 1 saturated carbocycles. The highest BCUT2D eigenvalue weighted by Gasteiger charge is 2.30. The van der Waals surface area contributed by atoms with Crippen LogP contribution in [0.3, 0.4) is 0 Å². The van der Waals surface area contributed by atoms with Gasteiger partial charge in [-0.15, -0.1) is 0 Å². The van der Waals surface area contributed by atoms with Crippen molar-refractivity contribution >= 4 is 0 Å².